The highest BCUT2D eigenvalue weighted by Crippen LogP contribution is 2.00. The molecule has 0 aromatic heterocycles. The van der Waals surface area contributed by atoms with Gasteiger partial charge >= 0.3 is 12.0 Å². The number of likely N-dealkylation sites (N-methyl/N-ethyl adjacent to an activating group) is 2. The molecule has 0 aromatic carbocycles. The van der Waals surface area contributed by atoms with Crippen LogP contribution in [0.1, 0.15) is 26.7 Å². The maximum absolute atomic E-state index is 12.0. The van der Waals surface area contributed by atoms with Crippen LogP contribution in [0, 0.1) is 0 Å². The standard InChI is InChI=1S/C13H25N3O5/c1-4-14-11(17)9-16(5-2)13(20)15-10(12(18)19)7-6-8-21-3/h10H,4-9H2,1-3H3,(H,14,17)(H,15,20)(H,18,19). The van der Waals surface area contributed by atoms with Crippen molar-refractivity contribution in [2.75, 3.05) is 33.4 Å². The average molecular weight is 303 g/mol. The Morgan fingerprint density at radius 3 is 2.43 bits per heavy atom. The van der Waals surface area contributed by atoms with E-state index in [1.807, 2.05) is 0 Å². The highest BCUT2D eigenvalue weighted by Gasteiger charge is 2.23. The number of aliphatic carboxylic acids is 1. The number of methoxy groups -OCH3 is 1. The van der Waals surface area contributed by atoms with Crippen LogP contribution in [-0.4, -0.2) is 67.3 Å². The summed E-state index contributed by atoms with van der Waals surface area (Å²) < 4.78 is 4.86. The Balaban J connectivity index is 4.48. The fourth-order valence-corrected chi connectivity index (χ4v) is 1.68. The van der Waals surface area contributed by atoms with E-state index in [0.717, 1.165) is 0 Å². The van der Waals surface area contributed by atoms with Gasteiger partial charge in [0.05, 0.1) is 0 Å². The molecule has 0 saturated carbocycles. The Morgan fingerprint density at radius 1 is 1.29 bits per heavy atom. The van der Waals surface area contributed by atoms with Crippen molar-refractivity contribution < 1.29 is 24.2 Å². The topological polar surface area (TPSA) is 108 Å². The number of urea groups is 1. The summed E-state index contributed by atoms with van der Waals surface area (Å²) in [6.45, 7) is 4.63. The lowest BCUT2D eigenvalue weighted by Crippen LogP contribution is -2.50. The molecule has 0 aliphatic carbocycles. The highest BCUT2D eigenvalue weighted by molar-refractivity contribution is 5.86. The van der Waals surface area contributed by atoms with Crippen molar-refractivity contribution in [1.82, 2.24) is 15.5 Å². The van der Waals surface area contributed by atoms with Gasteiger partial charge in [-0.25, -0.2) is 9.59 Å². The third-order valence-electron chi connectivity index (χ3n) is 2.81. The molecule has 3 amide bonds. The second kappa shape index (κ2) is 10.9. The van der Waals surface area contributed by atoms with Crippen molar-refractivity contribution in [1.29, 1.82) is 0 Å². The van der Waals surface area contributed by atoms with Gasteiger partial charge in [-0.2, -0.15) is 0 Å². The van der Waals surface area contributed by atoms with Crippen molar-refractivity contribution in [3.05, 3.63) is 0 Å². The molecule has 21 heavy (non-hydrogen) atoms. The second-order valence-electron chi connectivity index (χ2n) is 4.44. The number of hydrogen-bond acceptors (Lipinski definition) is 4. The third kappa shape index (κ3) is 8.13. The molecule has 0 aromatic rings. The molecule has 1 atom stereocenters. The van der Waals surface area contributed by atoms with Gasteiger partial charge in [-0.3, -0.25) is 4.79 Å². The monoisotopic (exact) mass is 303 g/mol. The van der Waals surface area contributed by atoms with Crippen molar-refractivity contribution in [3.63, 3.8) is 0 Å². The average Bonchev–Trinajstić information content (AvgIpc) is 2.43. The summed E-state index contributed by atoms with van der Waals surface area (Å²) in [4.78, 5) is 35.9. The minimum Gasteiger partial charge on any atom is -0.480 e. The van der Waals surface area contributed by atoms with E-state index < -0.39 is 18.0 Å². The summed E-state index contributed by atoms with van der Waals surface area (Å²) >= 11 is 0. The minimum atomic E-state index is -1.10. The highest BCUT2D eigenvalue weighted by atomic mass is 16.5. The molecule has 0 fully saturated rings. The number of carboxylic acid groups (broad SMARTS) is 1. The van der Waals surface area contributed by atoms with E-state index in [-0.39, 0.29) is 18.9 Å². The summed E-state index contributed by atoms with van der Waals surface area (Å²) in [6, 6.07) is -1.55. The number of amides is 3. The van der Waals surface area contributed by atoms with E-state index >= 15 is 0 Å². The van der Waals surface area contributed by atoms with E-state index in [2.05, 4.69) is 10.6 Å². The number of nitrogens with zero attached hydrogens (tertiary/aromatic N) is 1. The first-order valence-corrected chi connectivity index (χ1v) is 7.00. The normalized spacial score (nSPS) is 11.6. The molecule has 122 valence electrons. The molecule has 0 aliphatic rings. The minimum absolute atomic E-state index is 0.0966. The molecule has 3 N–H and O–H groups in total. The SMILES string of the molecule is CCNC(=O)CN(CC)C(=O)NC(CCCOC)C(=O)O. The lowest BCUT2D eigenvalue weighted by Gasteiger charge is -2.23. The smallest absolute Gasteiger partial charge is 0.326 e. The van der Waals surface area contributed by atoms with Crippen molar-refractivity contribution in [3.8, 4) is 0 Å². The Bertz CT molecular complexity index is 349. The number of hydrogen-bond donors (Lipinski definition) is 3. The van der Waals surface area contributed by atoms with E-state index in [4.69, 9.17) is 9.84 Å². The Hall–Kier alpha value is -1.83. The van der Waals surface area contributed by atoms with E-state index in [1.165, 1.54) is 12.0 Å². The van der Waals surface area contributed by atoms with Crippen molar-refractivity contribution in [2.45, 2.75) is 32.7 Å². The van der Waals surface area contributed by atoms with Crippen LogP contribution in [0.4, 0.5) is 4.79 Å². The molecule has 0 heterocycles. The van der Waals surface area contributed by atoms with Gasteiger partial charge in [0, 0.05) is 26.8 Å². The number of nitrogens with one attached hydrogen (secondary N) is 2. The molecule has 8 heteroatoms. The number of carboxylic acids is 1. The quantitative estimate of drug-likeness (QED) is 0.494. The zero-order valence-electron chi connectivity index (χ0n) is 12.8. The molecule has 0 aliphatic heterocycles. The molecule has 0 spiro atoms. The summed E-state index contributed by atoms with van der Waals surface area (Å²) in [5, 5.41) is 14.1. The van der Waals surface area contributed by atoms with Gasteiger partial charge in [0.1, 0.15) is 12.6 Å². The summed E-state index contributed by atoms with van der Waals surface area (Å²) in [5.41, 5.74) is 0. The van der Waals surface area contributed by atoms with Crippen LogP contribution in [0.15, 0.2) is 0 Å². The van der Waals surface area contributed by atoms with Gasteiger partial charge in [0.25, 0.3) is 0 Å². The molecule has 8 nitrogen and oxygen atoms in total. The van der Waals surface area contributed by atoms with Crippen LogP contribution in [0.25, 0.3) is 0 Å². The Labute approximate surface area is 124 Å². The fourth-order valence-electron chi connectivity index (χ4n) is 1.68. The van der Waals surface area contributed by atoms with Crippen molar-refractivity contribution in [2.24, 2.45) is 0 Å². The summed E-state index contributed by atoms with van der Waals surface area (Å²) in [6.07, 6.45) is 0.795. The van der Waals surface area contributed by atoms with Crippen molar-refractivity contribution >= 4 is 17.9 Å². The largest absolute Gasteiger partial charge is 0.480 e. The lowest BCUT2D eigenvalue weighted by molar-refractivity contribution is -0.139. The first-order chi connectivity index (χ1) is 9.96. The predicted molar refractivity (Wildman–Crippen MR) is 77.0 cm³/mol. The Morgan fingerprint density at radius 2 is 1.95 bits per heavy atom. The molecular weight excluding hydrogens is 278 g/mol. The first-order valence-electron chi connectivity index (χ1n) is 7.00. The number of ether oxygens (including phenoxy) is 1. The number of carbonyl (C=O) groups is 3. The summed E-state index contributed by atoms with van der Waals surface area (Å²) in [5.74, 6) is -1.38. The third-order valence-corrected chi connectivity index (χ3v) is 2.81. The molecule has 0 radical (unpaired) electrons. The Kier molecular flexibility index (Phi) is 9.95. The molecule has 1 unspecified atom stereocenters. The van der Waals surface area contributed by atoms with Crippen LogP contribution in [0.2, 0.25) is 0 Å². The fraction of sp³-hybridized carbons (Fsp3) is 0.769. The van der Waals surface area contributed by atoms with E-state index in [1.54, 1.807) is 13.8 Å². The van der Waals surface area contributed by atoms with E-state index in [9.17, 15) is 14.4 Å². The van der Waals surface area contributed by atoms with Gasteiger partial charge in [-0.05, 0) is 26.7 Å². The molecular formula is C13H25N3O5. The number of rotatable bonds is 10. The summed E-state index contributed by atoms with van der Waals surface area (Å²) in [7, 11) is 1.53. The predicted octanol–water partition coefficient (Wildman–Crippen LogP) is 0.0338. The maximum Gasteiger partial charge on any atom is 0.326 e. The lowest BCUT2D eigenvalue weighted by atomic mass is 10.1. The zero-order chi connectivity index (χ0) is 16.3. The maximum atomic E-state index is 12.0. The van der Waals surface area contributed by atoms with Crippen LogP contribution in [0.3, 0.4) is 0 Å². The van der Waals surface area contributed by atoms with E-state index in [0.29, 0.717) is 26.1 Å². The van der Waals surface area contributed by atoms with Gasteiger partial charge in [-0.15, -0.1) is 0 Å². The van der Waals surface area contributed by atoms with Gasteiger partial charge in [0.2, 0.25) is 5.91 Å². The van der Waals surface area contributed by atoms with Crippen LogP contribution in [0.5, 0.6) is 0 Å². The first kappa shape index (κ1) is 19.2. The van der Waals surface area contributed by atoms with Gasteiger partial charge < -0.3 is 25.4 Å². The zero-order valence-corrected chi connectivity index (χ0v) is 12.8. The van der Waals surface area contributed by atoms with Gasteiger partial charge in [-0.1, -0.05) is 0 Å². The number of carbonyl (C=O) groups excluding carboxylic acids is 2. The molecule has 0 bridgehead atoms. The van der Waals surface area contributed by atoms with Crippen LogP contribution in [-0.2, 0) is 14.3 Å². The van der Waals surface area contributed by atoms with Crippen LogP contribution < -0.4 is 10.6 Å². The molecule has 0 saturated heterocycles. The second-order valence-corrected chi connectivity index (χ2v) is 4.44. The van der Waals surface area contributed by atoms with Crippen LogP contribution >= 0.6 is 0 Å². The van der Waals surface area contributed by atoms with Gasteiger partial charge in [0.15, 0.2) is 0 Å². The molecule has 0 rings (SSSR count).